The van der Waals surface area contributed by atoms with Crippen LogP contribution in [0.15, 0.2) is 48.5 Å². The van der Waals surface area contributed by atoms with Gasteiger partial charge < -0.3 is 15.6 Å². The molecule has 1 amide bonds. The van der Waals surface area contributed by atoms with Gasteiger partial charge in [-0.1, -0.05) is 31.4 Å². The van der Waals surface area contributed by atoms with Crippen LogP contribution in [-0.4, -0.2) is 21.9 Å². The quantitative estimate of drug-likeness (QED) is 0.426. The first kappa shape index (κ1) is 18.0. The van der Waals surface area contributed by atoms with Crippen molar-refractivity contribution in [1.82, 2.24) is 4.98 Å². The summed E-state index contributed by atoms with van der Waals surface area (Å²) < 4.78 is 0. The Labute approximate surface area is 162 Å². The lowest BCUT2D eigenvalue weighted by molar-refractivity contribution is -0.383. The number of para-hydroxylation sites is 1. The van der Waals surface area contributed by atoms with E-state index in [4.69, 9.17) is 0 Å². The Hall–Kier alpha value is -3.35. The highest BCUT2D eigenvalue weighted by Gasteiger charge is 2.17. The fraction of sp³-hybridized carbons (Fsp3) is 0.286. The van der Waals surface area contributed by atoms with Gasteiger partial charge in [0.05, 0.1) is 4.92 Å². The minimum absolute atomic E-state index is 0.0466. The van der Waals surface area contributed by atoms with Crippen molar-refractivity contribution in [2.45, 2.75) is 38.1 Å². The van der Waals surface area contributed by atoms with Crippen LogP contribution in [-0.2, 0) is 0 Å². The van der Waals surface area contributed by atoms with E-state index in [2.05, 4.69) is 15.6 Å². The standard InChI is InChI=1S/C21H22N4O3/c26-21(18-13-14-5-4-8-19(25(27)28)20(14)24-18)23-17-11-9-16(10-12-17)22-15-6-2-1-3-7-15/h4-5,8-13,15,22,24H,1-3,6-7H2,(H,23,26). The molecule has 0 unspecified atom stereocenters. The van der Waals surface area contributed by atoms with Crippen molar-refractivity contribution < 1.29 is 9.72 Å². The van der Waals surface area contributed by atoms with E-state index < -0.39 is 4.92 Å². The minimum atomic E-state index is -0.460. The smallest absolute Gasteiger partial charge is 0.293 e. The maximum Gasteiger partial charge on any atom is 0.293 e. The number of H-pyrrole nitrogens is 1. The van der Waals surface area contributed by atoms with Crippen LogP contribution in [0.25, 0.3) is 10.9 Å². The van der Waals surface area contributed by atoms with E-state index in [-0.39, 0.29) is 17.3 Å². The number of benzene rings is 2. The fourth-order valence-corrected chi connectivity index (χ4v) is 3.75. The maximum absolute atomic E-state index is 12.5. The van der Waals surface area contributed by atoms with E-state index in [1.165, 1.54) is 38.2 Å². The molecule has 3 aromatic rings. The summed E-state index contributed by atoms with van der Waals surface area (Å²) in [6.07, 6.45) is 6.26. The number of anilines is 2. The van der Waals surface area contributed by atoms with Gasteiger partial charge in [-0.3, -0.25) is 14.9 Å². The number of nitrogens with zero attached hydrogens (tertiary/aromatic N) is 1. The zero-order chi connectivity index (χ0) is 19.5. The molecule has 1 saturated carbocycles. The first-order chi connectivity index (χ1) is 13.6. The molecule has 0 spiro atoms. The van der Waals surface area contributed by atoms with Gasteiger partial charge in [0.2, 0.25) is 0 Å². The molecule has 1 aliphatic rings. The van der Waals surface area contributed by atoms with Crippen molar-refractivity contribution in [2.24, 2.45) is 0 Å². The first-order valence-corrected chi connectivity index (χ1v) is 9.54. The fourth-order valence-electron chi connectivity index (χ4n) is 3.75. The molecule has 4 rings (SSSR count). The molecule has 0 radical (unpaired) electrons. The normalized spacial score (nSPS) is 14.7. The number of hydrogen-bond donors (Lipinski definition) is 3. The zero-order valence-electron chi connectivity index (χ0n) is 15.4. The average molecular weight is 378 g/mol. The average Bonchev–Trinajstić information content (AvgIpc) is 3.14. The summed E-state index contributed by atoms with van der Waals surface area (Å²) in [6.45, 7) is 0. The van der Waals surface area contributed by atoms with Crippen LogP contribution < -0.4 is 10.6 Å². The third-order valence-corrected chi connectivity index (χ3v) is 5.19. The Morgan fingerprint density at radius 2 is 1.75 bits per heavy atom. The second kappa shape index (κ2) is 7.72. The van der Waals surface area contributed by atoms with Gasteiger partial charge in [0.25, 0.3) is 11.6 Å². The Morgan fingerprint density at radius 3 is 2.46 bits per heavy atom. The highest BCUT2D eigenvalue weighted by atomic mass is 16.6. The monoisotopic (exact) mass is 378 g/mol. The van der Waals surface area contributed by atoms with Gasteiger partial charge in [-0.05, 0) is 43.2 Å². The van der Waals surface area contributed by atoms with E-state index in [0.717, 1.165) is 5.69 Å². The molecule has 7 nitrogen and oxygen atoms in total. The summed E-state index contributed by atoms with van der Waals surface area (Å²) >= 11 is 0. The number of rotatable bonds is 5. The lowest BCUT2D eigenvalue weighted by atomic mass is 9.95. The molecule has 1 fully saturated rings. The topological polar surface area (TPSA) is 100 Å². The van der Waals surface area contributed by atoms with E-state index in [1.54, 1.807) is 18.2 Å². The number of nitro groups is 1. The summed E-state index contributed by atoms with van der Waals surface area (Å²) in [6, 6.07) is 14.5. The highest BCUT2D eigenvalue weighted by Crippen LogP contribution is 2.26. The van der Waals surface area contributed by atoms with Crippen molar-refractivity contribution in [3.05, 3.63) is 64.3 Å². The third-order valence-electron chi connectivity index (χ3n) is 5.19. The number of fused-ring (bicyclic) bond motifs is 1. The van der Waals surface area contributed by atoms with Gasteiger partial charge in [-0.25, -0.2) is 0 Å². The van der Waals surface area contributed by atoms with Crippen LogP contribution in [0.1, 0.15) is 42.6 Å². The van der Waals surface area contributed by atoms with Gasteiger partial charge in [0.1, 0.15) is 11.2 Å². The molecular formula is C21H22N4O3. The van der Waals surface area contributed by atoms with Crippen molar-refractivity contribution in [1.29, 1.82) is 0 Å². The SMILES string of the molecule is O=C(Nc1ccc(NC2CCCCC2)cc1)c1cc2cccc([N+](=O)[O-])c2[nH]1. The second-order valence-corrected chi connectivity index (χ2v) is 7.19. The van der Waals surface area contributed by atoms with Crippen LogP contribution >= 0.6 is 0 Å². The maximum atomic E-state index is 12.5. The number of amides is 1. The van der Waals surface area contributed by atoms with Crippen molar-refractivity contribution in [3.63, 3.8) is 0 Å². The van der Waals surface area contributed by atoms with E-state index in [1.807, 2.05) is 24.3 Å². The molecule has 0 aliphatic heterocycles. The van der Waals surface area contributed by atoms with Crippen LogP contribution in [0, 0.1) is 10.1 Å². The lowest BCUT2D eigenvalue weighted by Gasteiger charge is -2.23. The largest absolute Gasteiger partial charge is 0.382 e. The van der Waals surface area contributed by atoms with E-state index >= 15 is 0 Å². The first-order valence-electron chi connectivity index (χ1n) is 9.54. The predicted octanol–water partition coefficient (Wildman–Crippen LogP) is 5.07. The molecule has 1 aromatic heterocycles. The summed E-state index contributed by atoms with van der Waals surface area (Å²) in [7, 11) is 0. The molecule has 1 heterocycles. The summed E-state index contributed by atoms with van der Waals surface area (Å²) in [5, 5.41) is 18.1. The van der Waals surface area contributed by atoms with Crippen molar-refractivity contribution in [3.8, 4) is 0 Å². The third kappa shape index (κ3) is 3.83. The molecule has 2 aromatic carbocycles. The van der Waals surface area contributed by atoms with Gasteiger partial charge in [-0.15, -0.1) is 0 Å². The predicted molar refractivity (Wildman–Crippen MR) is 110 cm³/mol. The van der Waals surface area contributed by atoms with Gasteiger partial charge in [0.15, 0.2) is 0 Å². The number of aromatic amines is 1. The summed E-state index contributed by atoms with van der Waals surface area (Å²) in [5.41, 5.74) is 2.31. The number of nitro benzene ring substituents is 1. The highest BCUT2D eigenvalue weighted by molar-refractivity contribution is 6.06. The molecule has 144 valence electrons. The lowest BCUT2D eigenvalue weighted by Crippen LogP contribution is -2.22. The molecule has 0 bridgehead atoms. The number of hydrogen-bond acceptors (Lipinski definition) is 4. The van der Waals surface area contributed by atoms with Gasteiger partial charge in [-0.2, -0.15) is 0 Å². The Kier molecular flexibility index (Phi) is 4.97. The number of carbonyl (C=O) groups excluding carboxylic acids is 1. The van der Waals surface area contributed by atoms with Crippen LogP contribution in [0.3, 0.4) is 0 Å². The Bertz CT molecular complexity index is 1000. The molecule has 28 heavy (non-hydrogen) atoms. The molecule has 7 heteroatoms. The molecule has 1 aliphatic carbocycles. The molecule has 3 N–H and O–H groups in total. The summed E-state index contributed by atoms with van der Waals surface area (Å²) in [4.78, 5) is 26.1. The molecule has 0 atom stereocenters. The second-order valence-electron chi connectivity index (χ2n) is 7.19. The van der Waals surface area contributed by atoms with E-state index in [9.17, 15) is 14.9 Å². The zero-order valence-corrected chi connectivity index (χ0v) is 15.4. The van der Waals surface area contributed by atoms with Crippen LogP contribution in [0.5, 0.6) is 0 Å². The van der Waals surface area contributed by atoms with E-state index in [0.29, 0.717) is 22.6 Å². The van der Waals surface area contributed by atoms with Gasteiger partial charge in [0, 0.05) is 28.9 Å². The van der Waals surface area contributed by atoms with Crippen molar-refractivity contribution >= 4 is 33.9 Å². The Balaban J connectivity index is 1.45. The number of non-ortho nitro benzene ring substituents is 1. The van der Waals surface area contributed by atoms with Crippen LogP contribution in [0.4, 0.5) is 17.1 Å². The van der Waals surface area contributed by atoms with Gasteiger partial charge >= 0.3 is 0 Å². The number of aromatic nitrogens is 1. The van der Waals surface area contributed by atoms with Crippen LogP contribution in [0.2, 0.25) is 0 Å². The number of nitrogens with one attached hydrogen (secondary N) is 3. The molecule has 0 saturated heterocycles. The molecular weight excluding hydrogens is 356 g/mol. The number of carbonyl (C=O) groups is 1. The minimum Gasteiger partial charge on any atom is -0.382 e. The van der Waals surface area contributed by atoms with Crippen molar-refractivity contribution in [2.75, 3.05) is 10.6 Å². The summed E-state index contributed by atoms with van der Waals surface area (Å²) in [5.74, 6) is -0.335. The Morgan fingerprint density at radius 1 is 1.04 bits per heavy atom.